The van der Waals surface area contributed by atoms with Gasteiger partial charge in [-0.1, -0.05) is 0 Å². The first kappa shape index (κ1) is 13.1. The molecule has 5 nitrogen and oxygen atoms in total. The van der Waals surface area contributed by atoms with Crippen molar-refractivity contribution >= 4 is 28.1 Å². The Labute approximate surface area is 121 Å². The average molecular weight is 288 g/mol. The third-order valence-electron chi connectivity index (χ3n) is 3.40. The molecule has 2 N–H and O–H groups in total. The van der Waals surface area contributed by atoms with Crippen LogP contribution in [0.3, 0.4) is 0 Å². The summed E-state index contributed by atoms with van der Waals surface area (Å²) in [6.07, 6.45) is 7.74. The molecule has 0 aliphatic heterocycles. The van der Waals surface area contributed by atoms with Crippen molar-refractivity contribution in [1.82, 2.24) is 9.97 Å². The highest BCUT2D eigenvalue weighted by Gasteiger charge is 2.18. The zero-order valence-corrected chi connectivity index (χ0v) is 12.1. The number of rotatable bonds is 3. The predicted octanol–water partition coefficient (Wildman–Crippen LogP) is 2.71. The van der Waals surface area contributed by atoms with Gasteiger partial charge >= 0.3 is 0 Å². The quantitative estimate of drug-likeness (QED) is 0.911. The van der Waals surface area contributed by atoms with Crippen LogP contribution < -0.4 is 10.6 Å². The normalized spacial score (nSPS) is 13.7. The van der Waals surface area contributed by atoms with Crippen LogP contribution in [0, 0.1) is 0 Å². The van der Waals surface area contributed by atoms with E-state index in [-0.39, 0.29) is 5.91 Å². The molecule has 0 saturated carbocycles. The maximum atomic E-state index is 12.3. The summed E-state index contributed by atoms with van der Waals surface area (Å²) in [7, 11) is 1.79. The number of aromatic nitrogens is 2. The molecule has 0 fully saturated rings. The number of nitrogens with zero attached hydrogens (tertiary/aromatic N) is 2. The molecule has 1 aliphatic carbocycles. The van der Waals surface area contributed by atoms with Crippen molar-refractivity contribution in [2.24, 2.45) is 0 Å². The minimum Gasteiger partial charge on any atom is -0.387 e. The maximum Gasteiger partial charge on any atom is 0.261 e. The molecule has 0 bridgehead atoms. The molecule has 0 saturated heterocycles. The smallest absolute Gasteiger partial charge is 0.261 e. The summed E-state index contributed by atoms with van der Waals surface area (Å²) in [6, 6.07) is 1.78. The lowest BCUT2D eigenvalue weighted by molar-refractivity contribution is 0.102. The van der Waals surface area contributed by atoms with Crippen molar-refractivity contribution in [2.45, 2.75) is 25.7 Å². The molecule has 6 heteroatoms. The van der Waals surface area contributed by atoms with Gasteiger partial charge in [0.25, 0.3) is 5.91 Å². The molecule has 0 unspecified atom stereocenters. The molecule has 0 atom stereocenters. The second-order valence-corrected chi connectivity index (χ2v) is 5.80. The number of anilines is 2. The number of pyridine rings is 1. The minimum atomic E-state index is -0.173. The van der Waals surface area contributed by atoms with Crippen LogP contribution in [0.1, 0.15) is 33.8 Å². The van der Waals surface area contributed by atoms with Crippen LogP contribution in [0.4, 0.5) is 10.8 Å². The first-order chi connectivity index (χ1) is 9.78. The summed E-state index contributed by atoms with van der Waals surface area (Å²) in [6.45, 7) is 0. The van der Waals surface area contributed by atoms with Crippen LogP contribution in [0.25, 0.3) is 0 Å². The van der Waals surface area contributed by atoms with E-state index >= 15 is 0 Å². The lowest BCUT2D eigenvalue weighted by Gasteiger charge is -2.07. The molecule has 2 heterocycles. The summed E-state index contributed by atoms with van der Waals surface area (Å²) in [5.74, 6) is -0.173. The Balaban J connectivity index is 1.80. The Morgan fingerprint density at radius 3 is 3.00 bits per heavy atom. The van der Waals surface area contributed by atoms with Gasteiger partial charge in [0, 0.05) is 30.0 Å². The van der Waals surface area contributed by atoms with Crippen molar-refractivity contribution in [3.05, 3.63) is 34.6 Å². The topological polar surface area (TPSA) is 66.9 Å². The molecule has 20 heavy (non-hydrogen) atoms. The van der Waals surface area contributed by atoms with Gasteiger partial charge in [-0.2, -0.15) is 0 Å². The number of hydrogen-bond donors (Lipinski definition) is 2. The Morgan fingerprint density at radius 2 is 2.20 bits per heavy atom. The number of thiazole rings is 1. The van der Waals surface area contributed by atoms with Crippen LogP contribution >= 0.6 is 11.3 Å². The molecule has 0 radical (unpaired) electrons. The SMILES string of the molecule is CNc1ccncc1C(=O)Nc1nc2c(s1)CCCC2. The highest BCUT2D eigenvalue weighted by molar-refractivity contribution is 7.15. The maximum absolute atomic E-state index is 12.3. The van der Waals surface area contributed by atoms with E-state index in [1.165, 1.54) is 17.7 Å². The molecule has 1 amide bonds. The number of nitrogens with one attached hydrogen (secondary N) is 2. The summed E-state index contributed by atoms with van der Waals surface area (Å²) in [5, 5.41) is 6.56. The number of hydrogen-bond acceptors (Lipinski definition) is 5. The second kappa shape index (κ2) is 5.58. The molecule has 3 rings (SSSR count). The van der Waals surface area contributed by atoms with Gasteiger partial charge in [0.1, 0.15) is 0 Å². The van der Waals surface area contributed by atoms with Crippen molar-refractivity contribution < 1.29 is 4.79 Å². The van der Waals surface area contributed by atoms with Crippen LogP contribution in [-0.4, -0.2) is 22.9 Å². The van der Waals surface area contributed by atoms with Gasteiger partial charge in [-0.3, -0.25) is 15.1 Å². The first-order valence-electron chi connectivity index (χ1n) is 6.69. The Hall–Kier alpha value is -1.95. The van der Waals surface area contributed by atoms with Crippen molar-refractivity contribution in [2.75, 3.05) is 17.7 Å². The second-order valence-electron chi connectivity index (χ2n) is 4.72. The van der Waals surface area contributed by atoms with Gasteiger partial charge in [0.05, 0.1) is 11.3 Å². The van der Waals surface area contributed by atoms with Crippen LogP contribution in [0.5, 0.6) is 0 Å². The van der Waals surface area contributed by atoms with Crippen molar-refractivity contribution in [3.63, 3.8) is 0 Å². The lowest BCUT2D eigenvalue weighted by atomic mass is 10.0. The highest BCUT2D eigenvalue weighted by Crippen LogP contribution is 2.30. The van der Waals surface area contributed by atoms with Crippen molar-refractivity contribution in [3.8, 4) is 0 Å². The van der Waals surface area contributed by atoms with Gasteiger partial charge in [0.2, 0.25) is 0 Å². The fourth-order valence-electron chi connectivity index (χ4n) is 2.36. The monoisotopic (exact) mass is 288 g/mol. The van der Waals surface area contributed by atoms with Gasteiger partial charge in [-0.25, -0.2) is 4.98 Å². The predicted molar refractivity (Wildman–Crippen MR) is 80.5 cm³/mol. The van der Waals surface area contributed by atoms with Crippen molar-refractivity contribution in [1.29, 1.82) is 0 Å². The van der Waals surface area contributed by atoms with E-state index in [9.17, 15) is 4.79 Å². The average Bonchev–Trinajstić information content (AvgIpc) is 2.89. The summed E-state index contributed by atoms with van der Waals surface area (Å²) < 4.78 is 0. The molecule has 104 valence electrons. The van der Waals surface area contributed by atoms with Gasteiger partial charge in [0.15, 0.2) is 5.13 Å². The van der Waals surface area contributed by atoms with E-state index in [0.717, 1.165) is 24.2 Å². The molecular formula is C14H16N4OS. The Kier molecular flexibility index (Phi) is 3.64. The van der Waals surface area contributed by atoms with E-state index < -0.39 is 0 Å². The molecular weight excluding hydrogens is 272 g/mol. The molecule has 2 aromatic rings. The number of amides is 1. The molecule has 2 aromatic heterocycles. The molecule has 1 aliphatic rings. The van der Waals surface area contributed by atoms with E-state index in [4.69, 9.17) is 0 Å². The van der Waals surface area contributed by atoms with Crippen LogP contribution in [-0.2, 0) is 12.8 Å². The lowest BCUT2D eigenvalue weighted by Crippen LogP contribution is -2.14. The number of fused-ring (bicyclic) bond motifs is 1. The van der Waals surface area contributed by atoms with Crippen LogP contribution in [0.2, 0.25) is 0 Å². The largest absolute Gasteiger partial charge is 0.387 e. The summed E-state index contributed by atoms with van der Waals surface area (Å²) in [4.78, 5) is 22.1. The Bertz CT molecular complexity index is 614. The third kappa shape index (κ3) is 2.51. The number of carbonyl (C=O) groups excluding carboxylic acids is 1. The van der Waals surface area contributed by atoms with Crippen LogP contribution in [0.15, 0.2) is 18.5 Å². The standard InChI is InChI=1S/C14H16N4OS/c1-15-10-6-7-16-8-9(10)13(19)18-14-17-11-4-2-3-5-12(11)20-14/h6-8H,2-5H2,1H3,(H,15,16)(H,17,18,19). The third-order valence-corrected chi connectivity index (χ3v) is 4.47. The van der Waals surface area contributed by atoms with Gasteiger partial charge in [-0.05, 0) is 31.7 Å². The fraction of sp³-hybridized carbons (Fsp3) is 0.357. The highest BCUT2D eigenvalue weighted by atomic mass is 32.1. The van der Waals surface area contributed by atoms with E-state index in [1.807, 2.05) is 0 Å². The van der Waals surface area contributed by atoms with E-state index in [2.05, 4.69) is 20.6 Å². The van der Waals surface area contributed by atoms with E-state index in [1.54, 1.807) is 36.8 Å². The Morgan fingerprint density at radius 1 is 1.35 bits per heavy atom. The zero-order valence-electron chi connectivity index (χ0n) is 11.3. The summed E-state index contributed by atoms with van der Waals surface area (Å²) >= 11 is 1.59. The first-order valence-corrected chi connectivity index (χ1v) is 7.51. The zero-order chi connectivity index (χ0) is 13.9. The van der Waals surface area contributed by atoms with Gasteiger partial charge < -0.3 is 5.32 Å². The number of aryl methyl sites for hydroxylation is 2. The van der Waals surface area contributed by atoms with Gasteiger partial charge in [-0.15, -0.1) is 11.3 Å². The number of carbonyl (C=O) groups is 1. The molecule has 0 spiro atoms. The van der Waals surface area contributed by atoms with E-state index in [0.29, 0.717) is 10.7 Å². The minimum absolute atomic E-state index is 0.173. The summed E-state index contributed by atoms with van der Waals surface area (Å²) in [5.41, 5.74) is 2.44. The fourth-order valence-corrected chi connectivity index (χ4v) is 3.41. The molecule has 0 aromatic carbocycles.